The molecular weight excluding hydrogens is 1000 g/mol. The quantitative estimate of drug-likeness (QED) is 0.0294. The molecule has 0 saturated heterocycles. The first-order valence-corrected chi connectivity index (χ1v) is 25.6. The number of hydrogen-bond donors (Lipinski definition) is 6. The zero-order valence-corrected chi connectivity index (χ0v) is 42.5. The molecule has 6 N–H and O–H groups in total. The number of amides is 6. The minimum atomic E-state index is -2.08. The summed E-state index contributed by atoms with van der Waals surface area (Å²) in [6, 6.07) is 9.56. The Morgan fingerprint density at radius 1 is 0.870 bits per heavy atom. The average molecular weight is 1060 g/mol. The summed E-state index contributed by atoms with van der Waals surface area (Å²) in [7, 11) is 0. The average Bonchev–Trinajstić information content (AvgIpc) is 4.21. The number of aryl methyl sites for hydroxylation is 1. The van der Waals surface area contributed by atoms with E-state index in [1.54, 1.807) is 50.2 Å². The fraction of sp³-hybridized carbons (Fsp3) is 0.418. The van der Waals surface area contributed by atoms with Crippen LogP contribution in [0.4, 0.5) is 4.39 Å². The normalized spacial score (nSPS) is 17.7. The number of nitrogens with zero attached hydrogens (tertiary/aromatic N) is 3. The highest BCUT2D eigenvalue weighted by atomic mass is 19.1. The topological polar surface area (TPSA) is 307 Å². The van der Waals surface area contributed by atoms with Crippen molar-refractivity contribution in [1.82, 2.24) is 35.7 Å². The Labute approximate surface area is 440 Å². The molecule has 404 valence electrons. The van der Waals surface area contributed by atoms with Gasteiger partial charge in [0, 0.05) is 72.9 Å². The molecular formula is C55H58FN7O14. The predicted molar refractivity (Wildman–Crippen MR) is 270 cm³/mol. The second-order valence-corrected chi connectivity index (χ2v) is 19.8. The lowest BCUT2D eigenvalue weighted by atomic mass is 9.81. The summed E-state index contributed by atoms with van der Waals surface area (Å²) in [5.41, 5.74) is 1.60. The number of hydrogen-bond acceptors (Lipinski definition) is 14. The van der Waals surface area contributed by atoms with Gasteiger partial charge in [-0.3, -0.25) is 52.8 Å². The molecule has 2 aromatic heterocycles. The Bertz CT molecular complexity index is 3210. The number of ether oxygens (including phenoxy) is 1. The first-order chi connectivity index (χ1) is 36.8. The number of aliphatic carboxylic acids is 1. The van der Waals surface area contributed by atoms with Crippen molar-refractivity contribution in [2.75, 3.05) is 19.6 Å². The third-order valence-corrected chi connectivity index (χ3v) is 14.7. The molecule has 0 saturated carbocycles. The van der Waals surface area contributed by atoms with Crippen molar-refractivity contribution in [1.29, 1.82) is 0 Å². The molecule has 0 bridgehead atoms. The van der Waals surface area contributed by atoms with E-state index in [0.29, 0.717) is 76.7 Å². The second-order valence-electron chi connectivity index (χ2n) is 19.8. The van der Waals surface area contributed by atoms with Crippen LogP contribution in [0.5, 0.6) is 0 Å². The Morgan fingerprint density at radius 3 is 2.32 bits per heavy atom. The number of benzene rings is 2. The van der Waals surface area contributed by atoms with Gasteiger partial charge >= 0.3 is 11.9 Å². The van der Waals surface area contributed by atoms with Gasteiger partial charge in [0.25, 0.3) is 17.4 Å². The minimum absolute atomic E-state index is 0.0195. The lowest BCUT2D eigenvalue weighted by Crippen LogP contribution is -2.44. The highest BCUT2D eigenvalue weighted by molar-refractivity contribution is 6.12. The van der Waals surface area contributed by atoms with Gasteiger partial charge in [-0.05, 0) is 73.8 Å². The van der Waals surface area contributed by atoms with E-state index in [4.69, 9.17) is 9.72 Å². The summed E-state index contributed by atoms with van der Waals surface area (Å²) in [5.74, 6) is -8.35. The number of aromatic nitrogens is 2. The van der Waals surface area contributed by atoms with Gasteiger partial charge in [0.05, 0.1) is 60.6 Å². The Hall–Kier alpha value is -8.27. The maximum atomic E-state index is 15.5. The number of ketones is 2. The molecule has 1 aliphatic carbocycles. The number of nitrogens with one attached hydrogen (secondary N) is 4. The molecule has 5 heterocycles. The van der Waals surface area contributed by atoms with Crippen molar-refractivity contribution >= 4 is 69.9 Å². The first kappa shape index (κ1) is 55.0. The van der Waals surface area contributed by atoms with Gasteiger partial charge in [-0.25, -0.2) is 14.2 Å². The minimum Gasteiger partial charge on any atom is -0.481 e. The smallest absolute Gasteiger partial charge is 0.343 e. The molecule has 4 aromatic rings. The Kier molecular flexibility index (Phi) is 16.6. The van der Waals surface area contributed by atoms with Gasteiger partial charge in [0.2, 0.25) is 23.6 Å². The van der Waals surface area contributed by atoms with E-state index in [1.165, 1.54) is 22.8 Å². The highest BCUT2D eigenvalue weighted by Gasteiger charge is 2.46. The molecule has 0 fully saturated rings. The molecule has 1 unspecified atom stereocenters. The number of imide groups is 1. The summed E-state index contributed by atoms with van der Waals surface area (Å²) < 4.78 is 22.2. The van der Waals surface area contributed by atoms with Crippen LogP contribution in [0.3, 0.4) is 0 Å². The molecule has 0 radical (unpaired) electrons. The zero-order valence-electron chi connectivity index (χ0n) is 42.5. The number of unbranched alkanes of at least 4 members (excludes halogenated alkanes) is 2. The predicted octanol–water partition coefficient (Wildman–Crippen LogP) is 2.48. The highest BCUT2D eigenvalue weighted by Crippen LogP contribution is 2.46. The number of fused-ring (bicyclic) bond motifs is 5. The van der Waals surface area contributed by atoms with E-state index >= 15 is 4.39 Å². The largest absolute Gasteiger partial charge is 0.481 e. The van der Waals surface area contributed by atoms with Gasteiger partial charge in [0.1, 0.15) is 12.4 Å². The number of carbonyl (C=O) groups is 10. The van der Waals surface area contributed by atoms with Crippen LogP contribution in [0.1, 0.15) is 116 Å². The molecule has 22 heteroatoms. The third kappa shape index (κ3) is 11.9. The van der Waals surface area contributed by atoms with E-state index in [2.05, 4.69) is 21.3 Å². The SMILES string of the molecule is CC[C@@]1(O)C(=O)OCc2c1cc1n(c2=O)Cc2c-1nc1cc(F)c(C)c3c1c2C(NC(=O)CNC(=O)[C@@H](CC(=O)CNC(=O)CCC(=O)[C@H](CC(=O)O)NC(=O)CCCCCN1C(=O)C=CC1=O)Cc1ccccc1)CC3. The summed E-state index contributed by atoms with van der Waals surface area (Å²) in [6.07, 6.45) is 2.27. The number of Topliss-reactive ketones (excluding diaryl/α,β-unsaturated/α-hetero) is 2. The molecule has 77 heavy (non-hydrogen) atoms. The van der Waals surface area contributed by atoms with Crippen LogP contribution in [0.15, 0.2) is 59.4 Å². The lowest BCUT2D eigenvalue weighted by molar-refractivity contribution is -0.172. The summed E-state index contributed by atoms with van der Waals surface area (Å²) in [4.78, 5) is 147. The fourth-order valence-corrected chi connectivity index (χ4v) is 10.5. The van der Waals surface area contributed by atoms with Crippen molar-refractivity contribution < 1.29 is 67.3 Å². The van der Waals surface area contributed by atoms with Crippen LogP contribution in [0, 0.1) is 18.7 Å². The monoisotopic (exact) mass is 1060 g/mol. The van der Waals surface area contributed by atoms with E-state index in [-0.39, 0.29) is 62.0 Å². The molecule has 0 spiro atoms. The Morgan fingerprint density at radius 2 is 1.61 bits per heavy atom. The van der Waals surface area contributed by atoms with Crippen molar-refractivity contribution in [2.24, 2.45) is 5.92 Å². The number of carboxylic acids is 1. The molecule has 4 atom stereocenters. The van der Waals surface area contributed by atoms with Gasteiger partial charge in [-0.15, -0.1) is 0 Å². The number of rotatable bonds is 24. The number of cyclic esters (lactones) is 1. The van der Waals surface area contributed by atoms with Gasteiger partial charge in [-0.2, -0.15) is 0 Å². The molecule has 4 aliphatic rings. The second kappa shape index (κ2) is 23.3. The van der Waals surface area contributed by atoms with Crippen LogP contribution in [-0.2, 0) is 84.3 Å². The Balaban J connectivity index is 0.875. The van der Waals surface area contributed by atoms with Crippen LogP contribution in [-0.4, -0.2) is 109 Å². The number of pyridine rings is 2. The summed E-state index contributed by atoms with van der Waals surface area (Å²) >= 11 is 0. The van der Waals surface area contributed by atoms with Crippen molar-refractivity contribution in [2.45, 2.75) is 122 Å². The van der Waals surface area contributed by atoms with Crippen LogP contribution >= 0.6 is 0 Å². The maximum absolute atomic E-state index is 15.5. The molecule has 21 nitrogen and oxygen atoms in total. The number of esters is 1. The summed E-state index contributed by atoms with van der Waals surface area (Å²) in [5, 5.41) is 31.9. The van der Waals surface area contributed by atoms with Crippen LogP contribution in [0.2, 0.25) is 0 Å². The van der Waals surface area contributed by atoms with Crippen LogP contribution < -0.4 is 26.8 Å². The van der Waals surface area contributed by atoms with E-state index in [1.807, 2.05) is 0 Å². The van der Waals surface area contributed by atoms with E-state index in [0.717, 1.165) is 4.90 Å². The van der Waals surface area contributed by atoms with Crippen molar-refractivity contribution in [3.63, 3.8) is 0 Å². The van der Waals surface area contributed by atoms with Crippen molar-refractivity contribution in [3.05, 3.63) is 110 Å². The van der Waals surface area contributed by atoms with Gasteiger partial charge < -0.3 is 40.8 Å². The first-order valence-electron chi connectivity index (χ1n) is 25.6. The maximum Gasteiger partial charge on any atom is 0.343 e. The number of carbonyl (C=O) groups excluding carboxylic acids is 9. The number of aliphatic hydroxyl groups is 1. The number of carboxylic acid groups (broad SMARTS) is 1. The third-order valence-electron chi connectivity index (χ3n) is 14.7. The molecule has 2 aromatic carbocycles. The summed E-state index contributed by atoms with van der Waals surface area (Å²) in [6.45, 7) is 2.09. The fourth-order valence-electron chi connectivity index (χ4n) is 10.5. The van der Waals surface area contributed by atoms with Crippen LogP contribution in [0.25, 0.3) is 22.3 Å². The van der Waals surface area contributed by atoms with Crippen molar-refractivity contribution in [3.8, 4) is 11.4 Å². The zero-order chi connectivity index (χ0) is 55.3. The molecule has 8 rings (SSSR count). The standard InChI is InChI=1S/C55H58FN7O14/c1-3-55(76)36-22-41-51-34(27-63(41)53(74)35(36)28-77-54(55)75)50-38(14-13-33-29(2)37(56)23-40(61-51)49(33)50)59-45(68)26-58-52(73)31(20-30-10-6-4-7-11-30)21-32(64)25-57-43(66)16-15-42(65)39(24-48(71)72)60-44(67)12-8-5-9-19-62-46(69)17-18-47(62)70/h4,6-7,10-11,17-18,22-23,31,38-39,76H,3,5,8-9,12-16,19-21,24-28H2,1-2H3,(H,57,66)(H,58,73)(H,59,68)(H,60,67)(H,71,72)/t31-,38?,39+,55+/m1/s1. The number of halogens is 1. The lowest BCUT2D eigenvalue weighted by Gasteiger charge is -2.31. The van der Waals surface area contributed by atoms with Gasteiger partial charge in [0.15, 0.2) is 17.2 Å². The molecule has 3 aliphatic heterocycles. The van der Waals surface area contributed by atoms with E-state index in [9.17, 15) is 63.0 Å². The van der Waals surface area contributed by atoms with Gasteiger partial charge in [-0.1, -0.05) is 43.7 Å². The molecule has 6 amide bonds. The van der Waals surface area contributed by atoms with E-state index < -0.39 is 126 Å².